The smallest absolute Gasteiger partial charge is 0.0850 e. The maximum atomic E-state index is 10.2. The molecule has 0 spiro atoms. The highest BCUT2D eigenvalue weighted by molar-refractivity contribution is 9.12. The van der Waals surface area contributed by atoms with Gasteiger partial charge in [-0.3, -0.25) is 0 Å². The number of benzene rings is 1. The van der Waals surface area contributed by atoms with E-state index in [2.05, 4.69) is 31.9 Å². The van der Waals surface area contributed by atoms with E-state index in [-0.39, 0.29) is 0 Å². The van der Waals surface area contributed by atoms with Crippen molar-refractivity contribution < 1.29 is 5.11 Å². The van der Waals surface area contributed by atoms with E-state index in [1.165, 1.54) is 11.3 Å². The fraction of sp³-hybridized carbons (Fsp3) is 0.167. The highest BCUT2D eigenvalue weighted by Crippen LogP contribution is 2.37. The molecule has 1 atom stereocenters. The van der Waals surface area contributed by atoms with Crippen LogP contribution in [0.15, 0.2) is 31.8 Å². The molecule has 1 nitrogen and oxygen atoms in total. The summed E-state index contributed by atoms with van der Waals surface area (Å²) in [7, 11) is 0. The van der Waals surface area contributed by atoms with Crippen LogP contribution in [0.2, 0.25) is 10.0 Å². The van der Waals surface area contributed by atoms with Crippen molar-refractivity contribution in [2.45, 2.75) is 12.5 Å². The number of thiophene rings is 1. The fourth-order valence-corrected chi connectivity index (χ4v) is 4.96. The van der Waals surface area contributed by atoms with Gasteiger partial charge in [-0.05, 0) is 49.6 Å². The molecule has 0 fully saturated rings. The summed E-state index contributed by atoms with van der Waals surface area (Å²) < 4.78 is 1.89. The lowest BCUT2D eigenvalue weighted by Crippen LogP contribution is -2.01. The zero-order valence-corrected chi connectivity index (χ0v) is 14.5. The van der Waals surface area contributed by atoms with Crippen LogP contribution in [0.25, 0.3) is 0 Å². The minimum absolute atomic E-state index is 0.432. The summed E-state index contributed by atoms with van der Waals surface area (Å²) in [6.45, 7) is 0. The molecule has 0 saturated heterocycles. The molecular formula is C12H8Br2Cl2OS. The van der Waals surface area contributed by atoms with Crippen molar-refractivity contribution in [2.24, 2.45) is 0 Å². The van der Waals surface area contributed by atoms with Gasteiger partial charge in [0.25, 0.3) is 0 Å². The molecule has 1 aromatic carbocycles. The van der Waals surface area contributed by atoms with E-state index in [1.54, 1.807) is 6.07 Å². The first-order valence-corrected chi connectivity index (χ1v) is 8.20. The summed E-state index contributed by atoms with van der Waals surface area (Å²) in [5.41, 5.74) is 1.69. The van der Waals surface area contributed by atoms with Gasteiger partial charge in [-0.15, -0.1) is 11.3 Å². The van der Waals surface area contributed by atoms with Crippen LogP contribution < -0.4 is 0 Å². The molecule has 2 aromatic rings. The summed E-state index contributed by atoms with van der Waals surface area (Å²) in [4.78, 5) is 0. The zero-order chi connectivity index (χ0) is 13.3. The molecule has 0 saturated carbocycles. The van der Waals surface area contributed by atoms with Crippen LogP contribution in [0, 0.1) is 0 Å². The first-order chi connectivity index (χ1) is 8.49. The first-order valence-electron chi connectivity index (χ1n) is 5.04. The molecular weight excluding hydrogens is 423 g/mol. The van der Waals surface area contributed by atoms with Gasteiger partial charge in [-0.2, -0.15) is 0 Å². The van der Waals surface area contributed by atoms with Crippen LogP contribution in [0.5, 0.6) is 0 Å². The van der Waals surface area contributed by atoms with Crippen molar-refractivity contribution in [1.29, 1.82) is 0 Å². The molecule has 0 aliphatic heterocycles. The van der Waals surface area contributed by atoms with E-state index in [0.29, 0.717) is 16.5 Å². The molecule has 1 heterocycles. The second-order valence-corrected chi connectivity index (χ2v) is 8.25. The van der Waals surface area contributed by atoms with Gasteiger partial charge in [-0.25, -0.2) is 0 Å². The average molecular weight is 431 g/mol. The second kappa shape index (κ2) is 6.25. The highest BCUT2D eigenvalue weighted by atomic mass is 79.9. The van der Waals surface area contributed by atoms with Gasteiger partial charge in [0.15, 0.2) is 0 Å². The first kappa shape index (κ1) is 14.8. The Hall–Kier alpha value is 0.420. The third kappa shape index (κ3) is 3.30. The summed E-state index contributed by atoms with van der Waals surface area (Å²) >= 11 is 20.4. The van der Waals surface area contributed by atoms with Crippen LogP contribution in [0.1, 0.15) is 17.2 Å². The minimum Gasteiger partial charge on any atom is -0.388 e. The molecule has 0 aliphatic rings. The SMILES string of the molecule is OC(Cc1cccc(Cl)c1Cl)c1cc(Br)sc1Br. The Morgan fingerprint density at radius 3 is 2.61 bits per heavy atom. The Morgan fingerprint density at radius 2 is 2.00 bits per heavy atom. The van der Waals surface area contributed by atoms with E-state index in [9.17, 15) is 5.11 Å². The van der Waals surface area contributed by atoms with E-state index in [4.69, 9.17) is 23.2 Å². The van der Waals surface area contributed by atoms with Gasteiger partial charge < -0.3 is 5.11 Å². The Labute approximate surface area is 136 Å². The van der Waals surface area contributed by atoms with Crippen LogP contribution in [0.3, 0.4) is 0 Å². The van der Waals surface area contributed by atoms with E-state index < -0.39 is 6.10 Å². The average Bonchev–Trinajstić information content (AvgIpc) is 2.64. The second-order valence-electron chi connectivity index (χ2n) is 3.71. The maximum absolute atomic E-state index is 10.2. The largest absolute Gasteiger partial charge is 0.388 e. The maximum Gasteiger partial charge on any atom is 0.0850 e. The van der Waals surface area contributed by atoms with Crippen molar-refractivity contribution in [3.05, 3.63) is 53.0 Å². The van der Waals surface area contributed by atoms with Crippen molar-refractivity contribution in [3.8, 4) is 0 Å². The van der Waals surface area contributed by atoms with Crippen LogP contribution in [0.4, 0.5) is 0 Å². The summed E-state index contributed by atoms with van der Waals surface area (Å²) in [5, 5.41) is 11.2. The Balaban J connectivity index is 2.24. The number of hydrogen-bond acceptors (Lipinski definition) is 2. The third-order valence-corrected chi connectivity index (χ3v) is 5.73. The van der Waals surface area contributed by atoms with Gasteiger partial charge in [0.05, 0.1) is 23.7 Å². The number of rotatable bonds is 3. The Bertz CT molecular complexity index is 571. The van der Waals surface area contributed by atoms with Gasteiger partial charge in [0.2, 0.25) is 0 Å². The molecule has 0 amide bonds. The number of aliphatic hydroxyl groups excluding tert-OH is 1. The van der Waals surface area contributed by atoms with Gasteiger partial charge >= 0.3 is 0 Å². The molecule has 2 rings (SSSR count). The van der Waals surface area contributed by atoms with Crippen molar-refractivity contribution in [3.63, 3.8) is 0 Å². The molecule has 1 N–H and O–H groups in total. The standard InChI is InChI=1S/C12H8Br2Cl2OS/c13-10-5-7(12(14)18-10)9(17)4-6-2-1-3-8(15)11(6)16/h1-3,5,9,17H,4H2. The lowest BCUT2D eigenvalue weighted by molar-refractivity contribution is 0.178. The molecule has 96 valence electrons. The predicted molar refractivity (Wildman–Crippen MR) is 84.8 cm³/mol. The predicted octanol–water partition coefficient (Wildman–Crippen LogP) is 5.86. The van der Waals surface area contributed by atoms with Crippen molar-refractivity contribution >= 4 is 66.4 Å². The van der Waals surface area contributed by atoms with Crippen molar-refractivity contribution in [2.75, 3.05) is 0 Å². The summed E-state index contributed by atoms with van der Waals surface area (Å²) in [6.07, 6.45) is -0.181. The highest BCUT2D eigenvalue weighted by Gasteiger charge is 2.17. The molecule has 1 aromatic heterocycles. The van der Waals surface area contributed by atoms with E-state index >= 15 is 0 Å². The lowest BCUT2D eigenvalue weighted by Gasteiger charge is -2.11. The van der Waals surface area contributed by atoms with Crippen molar-refractivity contribution in [1.82, 2.24) is 0 Å². The topological polar surface area (TPSA) is 20.2 Å². The fourth-order valence-electron chi connectivity index (χ4n) is 1.60. The number of hydrogen-bond donors (Lipinski definition) is 1. The molecule has 1 unspecified atom stereocenters. The molecule has 6 heteroatoms. The number of halogens is 4. The lowest BCUT2D eigenvalue weighted by atomic mass is 10.0. The van der Waals surface area contributed by atoms with E-state index in [0.717, 1.165) is 18.7 Å². The molecule has 0 bridgehead atoms. The van der Waals surface area contributed by atoms with Gasteiger partial charge in [0.1, 0.15) is 0 Å². The zero-order valence-electron chi connectivity index (χ0n) is 8.96. The number of aliphatic hydroxyl groups is 1. The molecule has 18 heavy (non-hydrogen) atoms. The third-order valence-electron chi connectivity index (χ3n) is 2.49. The monoisotopic (exact) mass is 428 g/mol. The molecule has 0 aliphatic carbocycles. The van der Waals surface area contributed by atoms with Gasteiger partial charge in [0, 0.05) is 12.0 Å². The Morgan fingerprint density at radius 1 is 1.28 bits per heavy atom. The summed E-state index contributed by atoms with van der Waals surface area (Å²) in [6, 6.07) is 7.33. The Kier molecular flexibility index (Phi) is 5.14. The van der Waals surface area contributed by atoms with Crippen LogP contribution >= 0.6 is 66.4 Å². The quantitative estimate of drug-likeness (QED) is 0.647. The minimum atomic E-state index is -0.613. The normalized spacial score (nSPS) is 12.7. The van der Waals surface area contributed by atoms with Gasteiger partial charge in [-0.1, -0.05) is 35.3 Å². The van der Waals surface area contributed by atoms with Crippen LogP contribution in [-0.4, -0.2) is 5.11 Å². The summed E-state index contributed by atoms with van der Waals surface area (Å²) in [5.74, 6) is 0. The molecule has 0 radical (unpaired) electrons. The van der Waals surface area contributed by atoms with Crippen LogP contribution in [-0.2, 0) is 6.42 Å². The van der Waals surface area contributed by atoms with E-state index in [1.807, 2.05) is 18.2 Å².